The van der Waals surface area contributed by atoms with Crippen LogP contribution in [0.25, 0.3) is 6.08 Å². The third-order valence-electron chi connectivity index (χ3n) is 8.37. The van der Waals surface area contributed by atoms with E-state index in [0.29, 0.717) is 16.8 Å². The minimum Gasteiger partial charge on any atom is -0.352 e. The molecule has 3 aliphatic rings. The molecule has 1 amide bonds. The van der Waals surface area contributed by atoms with Crippen molar-refractivity contribution in [3.05, 3.63) is 135 Å². The molecule has 4 aromatic rings. The third kappa shape index (κ3) is 3.31. The van der Waals surface area contributed by atoms with Crippen molar-refractivity contribution in [2.45, 2.75) is 17.5 Å². The zero-order valence-electron chi connectivity index (χ0n) is 21.1. The lowest BCUT2D eigenvalue weighted by Gasteiger charge is -2.37. The molecule has 196 valence electrons. The summed E-state index contributed by atoms with van der Waals surface area (Å²) in [4.78, 5) is 45.7. The predicted molar refractivity (Wildman–Crippen MR) is 157 cm³/mol. The zero-order chi connectivity index (χ0) is 27.6. The molecule has 1 spiro atoms. The van der Waals surface area contributed by atoms with Crippen molar-refractivity contribution in [1.82, 2.24) is 0 Å². The number of nitrogens with one attached hydrogen (secondary N) is 1. The first kappa shape index (κ1) is 24.8. The molecular formula is C33H22Cl2N2O3. The lowest BCUT2D eigenvalue weighted by molar-refractivity contribution is -0.121. The Kier molecular flexibility index (Phi) is 5.70. The van der Waals surface area contributed by atoms with Crippen LogP contribution in [0.2, 0.25) is 10.0 Å². The Bertz CT molecular complexity index is 1770. The number of amides is 1. The molecule has 0 aromatic heterocycles. The summed E-state index contributed by atoms with van der Waals surface area (Å²) in [5.41, 5.74) is 2.12. The second-order valence-corrected chi connectivity index (χ2v) is 11.1. The molecule has 0 saturated carbocycles. The van der Waals surface area contributed by atoms with Crippen LogP contribution < -0.4 is 10.2 Å². The van der Waals surface area contributed by atoms with Gasteiger partial charge >= 0.3 is 0 Å². The van der Waals surface area contributed by atoms with Crippen molar-refractivity contribution in [3.63, 3.8) is 0 Å². The van der Waals surface area contributed by atoms with E-state index in [9.17, 15) is 14.4 Å². The number of nitrogens with zero attached hydrogens (tertiary/aromatic N) is 1. The van der Waals surface area contributed by atoms with Gasteiger partial charge in [-0.3, -0.25) is 14.4 Å². The fraction of sp³-hybridized carbons (Fsp3) is 0.121. The van der Waals surface area contributed by atoms with Crippen molar-refractivity contribution in [1.29, 1.82) is 0 Å². The van der Waals surface area contributed by atoms with Crippen LogP contribution in [0, 0.1) is 5.92 Å². The van der Waals surface area contributed by atoms with Crippen molar-refractivity contribution in [2.24, 2.45) is 5.92 Å². The number of carbonyl (C=O) groups excluding carboxylic acids is 3. The van der Waals surface area contributed by atoms with Crippen LogP contribution in [-0.4, -0.2) is 29.6 Å². The number of rotatable bonds is 4. The molecule has 3 heterocycles. The van der Waals surface area contributed by atoms with E-state index in [-0.39, 0.29) is 33.1 Å². The average Bonchev–Trinajstić information content (AvgIpc) is 3.45. The van der Waals surface area contributed by atoms with E-state index in [0.717, 1.165) is 11.3 Å². The maximum atomic E-state index is 14.8. The first-order valence-electron chi connectivity index (χ1n) is 13.0. The number of ketones is 2. The van der Waals surface area contributed by atoms with Crippen LogP contribution in [0.15, 0.2) is 103 Å². The lowest BCUT2D eigenvalue weighted by Crippen LogP contribution is -2.51. The van der Waals surface area contributed by atoms with Gasteiger partial charge in [-0.2, -0.15) is 0 Å². The number of anilines is 2. The minimum absolute atomic E-state index is 0.263. The number of para-hydroxylation sites is 2. The van der Waals surface area contributed by atoms with Crippen molar-refractivity contribution < 1.29 is 14.4 Å². The van der Waals surface area contributed by atoms with E-state index < -0.39 is 23.4 Å². The average molecular weight is 565 g/mol. The van der Waals surface area contributed by atoms with Crippen molar-refractivity contribution in [2.75, 3.05) is 10.2 Å². The molecule has 7 heteroatoms. The van der Waals surface area contributed by atoms with Crippen LogP contribution >= 0.6 is 23.2 Å². The first-order chi connectivity index (χ1) is 19.4. The zero-order valence-corrected chi connectivity index (χ0v) is 22.6. The molecule has 5 nitrogen and oxygen atoms in total. The predicted octanol–water partition coefficient (Wildman–Crippen LogP) is 6.85. The van der Waals surface area contributed by atoms with Gasteiger partial charge in [-0.25, -0.2) is 0 Å². The Morgan fingerprint density at radius 2 is 1.35 bits per heavy atom. The molecule has 1 fully saturated rings. The van der Waals surface area contributed by atoms with Gasteiger partial charge < -0.3 is 10.2 Å². The Labute approximate surface area is 241 Å². The van der Waals surface area contributed by atoms with Gasteiger partial charge in [0.05, 0.1) is 22.0 Å². The van der Waals surface area contributed by atoms with Crippen molar-refractivity contribution >= 4 is 58.1 Å². The Morgan fingerprint density at radius 3 is 2.08 bits per heavy atom. The first-order valence-corrected chi connectivity index (χ1v) is 13.7. The monoisotopic (exact) mass is 564 g/mol. The summed E-state index contributed by atoms with van der Waals surface area (Å²) >= 11 is 13.1. The number of hydrogen-bond donors (Lipinski definition) is 1. The Hall–Kier alpha value is -4.19. The summed E-state index contributed by atoms with van der Waals surface area (Å²) in [6.07, 6.45) is 3.91. The largest absolute Gasteiger partial charge is 0.352 e. The quantitative estimate of drug-likeness (QED) is 0.275. The highest BCUT2D eigenvalue weighted by molar-refractivity contribution is 6.35. The van der Waals surface area contributed by atoms with E-state index in [1.807, 2.05) is 65.6 Å². The Morgan fingerprint density at radius 1 is 0.750 bits per heavy atom. The van der Waals surface area contributed by atoms with Gasteiger partial charge in [-0.1, -0.05) is 96.0 Å². The molecule has 4 aromatic carbocycles. The molecule has 3 aliphatic heterocycles. The van der Waals surface area contributed by atoms with E-state index in [1.54, 1.807) is 48.5 Å². The number of fused-ring (bicyclic) bond motifs is 6. The minimum atomic E-state index is -1.40. The molecule has 40 heavy (non-hydrogen) atoms. The topological polar surface area (TPSA) is 66.5 Å². The van der Waals surface area contributed by atoms with E-state index in [2.05, 4.69) is 5.32 Å². The van der Waals surface area contributed by atoms with Gasteiger partial charge in [0.15, 0.2) is 11.6 Å². The van der Waals surface area contributed by atoms with Gasteiger partial charge in [0, 0.05) is 22.5 Å². The normalized spacial score (nSPS) is 23.9. The number of Topliss-reactive ketones (excluding diaryl/α,β-unsaturated/α-hetero) is 2. The van der Waals surface area contributed by atoms with Gasteiger partial charge in [-0.05, 0) is 47.5 Å². The molecular weight excluding hydrogens is 543 g/mol. The number of carbonyl (C=O) groups is 3. The summed E-state index contributed by atoms with van der Waals surface area (Å²) in [6, 6.07) is 27.0. The molecule has 0 unspecified atom stereocenters. The van der Waals surface area contributed by atoms with Crippen LogP contribution in [-0.2, 0) is 10.2 Å². The molecule has 1 saturated heterocycles. The maximum Gasteiger partial charge on any atom is 0.238 e. The number of benzene rings is 4. The van der Waals surface area contributed by atoms with E-state index in [4.69, 9.17) is 23.2 Å². The molecule has 0 radical (unpaired) electrons. The van der Waals surface area contributed by atoms with Gasteiger partial charge in [0.2, 0.25) is 5.91 Å². The fourth-order valence-corrected chi connectivity index (χ4v) is 7.23. The third-order valence-corrected chi connectivity index (χ3v) is 9.03. The number of hydrogen-bond acceptors (Lipinski definition) is 4. The second-order valence-electron chi connectivity index (χ2n) is 10.2. The summed E-state index contributed by atoms with van der Waals surface area (Å²) in [5, 5.41) is 3.57. The summed E-state index contributed by atoms with van der Waals surface area (Å²) < 4.78 is 0. The van der Waals surface area contributed by atoms with Crippen LogP contribution in [0.5, 0.6) is 0 Å². The Balaban J connectivity index is 1.56. The highest BCUT2D eigenvalue weighted by Crippen LogP contribution is 2.58. The molecule has 0 aliphatic carbocycles. The van der Waals surface area contributed by atoms with Crippen LogP contribution in [0.4, 0.5) is 11.4 Å². The van der Waals surface area contributed by atoms with E-state index >= 15 is 0 Å². The molecule has 1 N–H and O–H groups in total. The van der Waals surface area contributed by atoms with Crippen molar-refractivity contribution in [3.8, 4) is 0 Å². The number of halogens is 2. The smallest absolute Gasteiger partial charge is 0.238 e. The SMILES string of the molecule is O=C(c1ccccc1Cl)[C@@H]1[C@H](C(=O)c2ccccc2Cl)[C@@]2(C(=O)Nc3ccccc32)[C@@H]2C=Cc3ccccc3N12. The molecule has 4 atom stereocenters. The van der Waals surface area contributed by atoms with E-state index in [1.165, 1.54) is 0 Å². The highest BCUT2D eigenvalue weighted by Gasteiger charge is 2.70. The summed E-state index contributed by atoms with van der Waals surface area (Å²) in [6.45, 7) is 0. The molecule has 0 bridgehead atoms. The van der Waals surface area contributed by atoms with Crippen LogP contribution in [0.1, 0.15) is 31.8 Å². The maximum absolute atomic E-state index is 14.8. The van der Waals surface area contributed by atoms with Crippen LogP contribution in [0.3, 0.4) is 0 Å². The van der Waals surface area contributed by atoms with Gasteiger partial charge in [0.1, 0.15) is 11.5 Å². The summed E-state index contributed by atoms with van der Waals surface area (Å²) in [5.74, 6) is -2.14. The fourth-order valence-electron chi connectivity index (χ4n) is 6.77. The van der Waals surface area contributed by atoms with Gasteiger partial charge in [-0.15, -0.1) is 0 Å². The highest BCUT2D eigenvalue weighted by atomic mass is 35.5. The second kappa shape index (κ2) is 9.19. The summed E-state index contributed by atoms with van der Waals surface area (Å²) in [7, 11) is 0. The van der Waals surface area contributed by atoms with Gasteiger partial charge in [0.25, 0.3) is 0 Å². The molecule has 7 rings (SSSR count). The standard InChI is InChI=1S/C33H22Cl2N2O3/c34-23-13-5-2-10-20(23)30(38)28-29(31(39)21-11-3-6-14-24(21)35)37-26-16-8-1-9-19(26)17-18-27(37)33(28)22-12-4-7-15-25(22)36-32(33)40/h1-18,27-29H,(H,36,40)/t27-,28+,29-,33-/m0/s1. The lowest BCUT2D eigenvalue weighted by atomic mass is 9.64.